The second-order valence-electron chi connectivity index (χ2n) is 4.57. The fourth-order valence-corrected chi connectivity index (χ4v) is 2.99. The Morgan fingerprint density at radius 1 is 1.47 bits per heavy atom. The summed E-state index contributed by atoms with van der Waals surface area (Å²) in [5.41, 5.74) is 0.840. The van der Waals surface area contributed by atoms with E-state index in [1.807, 2.05) is 13.8 Å². The highest BCUT2D eigenvalue weighted by Crippen LogP contribution is 2.17. The van der Waals surface area contributed by atoms with E-state index in [2.05, 4.69) is 15.6 Å². The number of thiazole rings is 1. The largest absolute Gasteiger partial charge is 0.351 e. The maximum atomic E-state index is 12.0. The van der Waals surface area contributed by atoms with Gasteiger partial charge in [0.2, 0.25) is 0 Å². The molecule has 7 heteroatoms. The Kier molecular flexibility index (Phi) is 8.57. The van der Waals surface area contributed by atoms with Crippen molar-refractivity contribution >= 4 is 42.1 Å². The van der Waals surface area contributed by atoms with E-state index in [9.17, 15) is 4.79 Å². The molecule has 0 saturated carbocycles. The summed E-state index contributed by atoms with van der Waals surface area (Å²) in [6.45, 7) is 6.71. The minimum atomic E-state index is 0. The molecule has 110 valence electrons. The number of hydrogen-bond donors (Lipinski definition) is 2. The van der Waals surface area contributed by atoms with E-state index in [1.165, 1.54) is 24.2 Å². The van der Waals surface area contributed by atoms with Gasteiger partial charge in [-0.1, -0.05) is 0 Å². The number of aryl methyl sites for hydroxylation is 2. The second kappa shape index (κ2) is 8.74. The van der Waals surface area contributed by atoms with Gasteiger partial charge in [-0.25, -0.2) is 4.98 Å². The monoisotopic (exact) mass is 325 g/mol. The fourth-order valence-electron chi connectivity index (χ4n) is 2.16. The first-order chi connectivity index (χ1) is 8.16. The van der Waals surface area contributed by atoms with Crippen molar-refractivity contribution in [2.45, 2.75) is 26.7 Å². The summed E-state index contributed by atoms with van der Waals surface area (Å²) in [4.78, 5) is 17.0. The molecule has 1 aromatic rings. The van der Waals surface area contributed by atoms with Crippen LogP contribution >= 0.6 is 36.2 Å². The van der Waals surface area contributed by atoms with Crippen LogP contribution in [-0.2, 0) is 0 Å². The predicted molar refractivity (Wildman–Crippen MR) is 84.0 cm³/mol. The molecular formula is C12H21Cl2N3OS. The zero-order chi connectivity index (χ0) is 12.3. The third kappa shape index (κ3) is 5.26. The Balaban J connectivity index is 0.00000162. The Morgan fingerprint density at radius 2 is 2.21 bits per heavy atom. The highest BCUT2D eigenvalue weighted by molar-refractivity contribution is 7.13. The number of piperidine rings is 1. The zero-order valence-electron chi connectivity index (χ0n) is 11.2. The van der Waals surface area contributed by atoms with Crippen LogP contribution in [0.4, 0.5) is 0 Å². The molecular weight excluding hydrogens is 305 g/mol. The van der Waals surface area contributed by atoms with Gasteiger partial charge in [0.25, 0.3) is 5.91 Å². The number of aromatic nitrogens is 1. The van der Waals surface area contributed by atoms with Crippen LogP contribution in [0.2, 0.25) is 0 Å². The Morgan fingerprint density at radius 3 is 2.74 bits per heavy atom. The summed E-state index contributed by atoms with van der Waals surface area (Å²) < 4.78 is 0. The fraction of sp³-hybridized carbons (Fsp3) is 0.667. The molecule has 1 saturated heterocycles. The van der Waals surface area contributed by atoms with Crippen molar-refractivity contribution in [3.05, 3.63) is 15.6 Å². The topological polar surface area (TPSA) is 54.0 Å². The van der Waals surface area contributed by atoms with Crippen molar-refractivity contribution in [1.82, 2.24) is 15.6 Å². The molecule has 0 bridgehead atoms. The lowest BCUT2D eigenvalue weighted by Crippen LogP contribution is -2.38. The number of carbonyl (C=O) groups excluding carboxylic acids is 1. The molecule has 1 unspecified atom stereocenters. The molecule has 1 fully saturated rings. The van der Waals surface area contributed by atoms with Gasteiger partial charge in [0.1, 0.15) is 4.88 Å². The number of carbonyl (C=O) groups is 1. The average molecular weight is 326 g/mol. The predicted octanol–water partition coefficient (Wildman–Crippen LogP) is 2.33. The number of rotatable bonds is 3. The van der Waals surface area contributed by atoms with E-state index >= 15 is 0 Å². The lowest BCUT2D eigenvalue weighted by molar-refractivity contribution is 0.0948. The van der Waals surface area contributed by atoms with Crippen LogP contribution in [0.25, 0.3) is 0 Å². The van der Waals surface area contributed by atoms with Gasteiger partial charge < -0.3 is 10.6 Å². The van der Waals surface area contributed by atoms with E-state index in [0.717, 1.165) is 35.2 Å². The molecule has 0 radical (unpaired) electrons. The van der Waals surface area contributed by atoms with Crippen LogP contribution in [0, 0.1) is 19.8 Å². The minimum absolute atomic E-state index is 0. The maximum absolute atomic E-state index is 12.0. The number of halogens is 2. The van der Waals surface area contributed by atoms with Crippen LogP contribution in [0.1, 0.15) is 33.2 Å². The van der Waals surface area contributed by atoms with E-state index in [4.69, 9.17) is 0 Å². The standard InChI is InChI=1S/C12H19N3OS.2ClH/c1-8-11(17-9(2)15-8)12(16)14-7-10-4-3-5-13-6-10;;/h10,13H,3-7H2,1-2H3,(H,14,16);2*1H. The third-order valence-corrected chi connectivity index (χ3v) is 4.13. The molecule has 1 aliphatic rings. The van der Waals surface area contributed by atoms with Crippen LogP contribution in [-0.4, -0.2) is 30.5 Å². The van der Waals surface area contributed by atoms with Crippen molar-refractivity contribution in [3.8, 4) is 0 Å². The van der Waals surface area contributed by atoms with Gasteiger partial charge in [0.05, 0.1) is 10.7 Å². The van der Waals surface area contributed by atoms with E-state index < -0.39 is 0 Å². The lowest BCUT2D eigenvalue weighted by atomic mass is 10.00. The van der Waals surface area contributed by atoms with E-state index in [1.54, 1.807) is 0 Å². The number of amides is 1. The highest BCUT2D eigenvalue weighted by Gasteiger charge is 2.17. The first-order valence-corrected chi connectivity index (χ1v) is 6.91. The van der Waals surface area contributed by atoms with Crippen LogP contribution in [0.15, 0.2) is 0 Å². The van der Waals surface area contributed by atoms with Gasteiger partial charge >= 0.3 is 0 Å². The SMILES string of the molecule is Cc1nc(C)c(C(=O)NCC2CCCNC2)s1.Cl.Cl. The van der Waals surface area contributed by atoms with E-state index in [0.29, 0.717) is 5.92 Å². The van der Waals surface area contributed by atoms with Crippen LogP contribution in [0.5, 0.6) is 0 Å². The molecule has 1 amide bonds. The highest BCUT2D eigenvalue weighted by atomic mass is 35.5. The molecule has 4 nitrogen and oxygen atoms in total. The van der Waals surface area contributed by atoms with Gasteiger partial charge in [0.15, 0.2) is 0 Å². The van der Waals surface area contributed by atoms with E-state index in [-0.39, 0.29) is 30.7 Å². The quantitative estimate of drug-likeness (QED) is 0.896. The summed E-state index contributed by atoms with van der Waals surface area (Å²) in [6, 6.07) is 0. The summed E-state index contributed by atoms with van der Waals surface area (Å²) in [6.07, 6.45) is 2.41. The molecule has 1 atom stereocenters. The molecule has 2 rings (SSSR count). The Hall–Kier alpha value is -0.360. The Labute approximate surface area is 130 Å². The molecule has 2 N–H and O–H groups in total. The first-order valence-electron chi connectivity index (χ1n) is 6.09. The van der Waals surface area contributed by atoms with Gasteiger partial charge in [0, 0.05) is 6.54 Å². The van der Waals surface area contributed by atoms with Crippen LogP contribution in [0.3, 0.4) is 0 Å². The maximum Gasteiger partial charge on any atom is 0.263 e. The van der Waals surface area contributed by atoms with Crippen molar-refractivity contribution in [3.63, 3.8) is 0 Å². The molecule has 2 heterocycles. The van der Waals surface area contributed by atoms with Crippen molar-refractivity contribution in [2.24, 2.45) is 5.92 Å². The molecule has 1 aromatic heterocycles. The summed E-state index contributed by atoms with van der Waals surface area (Å²) in [5, 5.41) is 7.32. The van der Waals surface area contributed by atoms with Crippen molar-refractivity contribution in [1.29, 1.82) is 0 Å². The van der Waals surface area contributed by atoms with Crippen molar-refractivity contribution < 1.29 is 4.79 Å². The number of hydrogen-bond acceptors (Lipinski definition) is 4. The normalized spacial score (nSPS) is 18.1. The molecule has 0 aliphatic carbocycles. The minimum Gasteiger partial charge on any atom is -0.351 e. The zero-order valence-corrected chi connectivity index (χ0v) is 13.6. The van der Waals surface area contributed by atoms with Crippen molar-refractivity contribution in [2.75, 3.05) is 19.6 Å². The molecule has 19 heavy (non-hydrogen) atoms. The van der Waals surface area contributed by atoms with Crippen LogP contribution < -0.4 is 10.6 Å². The summed E-state index contributed by atoms with van der Waals surface area (Å²) >= 11 is 1.47. The van der Waals surface area contributed by atoms with Gasteiger partial charge in [-0.15, -0.1) is 36.2 Å². The smallest absolute Gasteiger partial charge is 0.263 e. The number of nitrogens with one attached hydrogen (secondary N) is 2. The Bertz CT molecular complexity index is 406. The van der Waals surface area contributed by atoms with Gasteiger partial charge in [-0.2, -0.15) is 0 Å². The average Bonchev–Trinajstić information content (AvgIpc) is 2.67. The molecule has 1 aliphatic heterocycles. The third-order valence-electron chi connectivity index (χ3n) is 3.06. The summed E-state index contributed by atoms with van der Waals surface area (Å²) in [5.74, 6) is 0.598. The first kappa shape index (κ1) is 18.6. The number of nitrogens with zero attached hydrogens (tertiary/aromatic N) is 1. The van der Waals surface area contributed by atoms with Gasteiger partial charge in [-0.3, -0.25) is 4.79 Å². The molecule has 0 aromatic carbocycles. The molecule has 0 spiro atoms. The van der Waals surface area contributed by atoms with Gasteiger partial charge in [-0.05, 0) is 45.7 Å². The second-order valence-corrected chi connectivity index (χ2v) is 5.77. The lowest BCUT2D eigenvalue weighted by Gasteiger charge is -2.22. The summed E-state index contributed by atoms with van der Waals surface area (Å²) in [7, 11) is 0.